The molecule has 4 aromatic carbocycles. The van der Waals surface area contributed by atoms with E-state index in [4.69, 9.17) is 0 Å². The fraction of sp³-hybridized carbons (Fsp3) is 0. The Kier molecular flexibility index (Phi) is 7.42. The highest BCUT2D eigenvalue weighted by Gasteiger charge is 2.28. The molecule has 0 spiro atoms. The van der Waals surface area contributed by atoms with Gasteiger partial charge in [0.2, 0.25) is 0 Å². The van der Waals surface area contributed by atoms with Gasteiger partial charge in [0.25, 0.3) is 0 Å². The molecule has 0 aromatic heterocycles. The molecule has 0 atom stereocenters. The van der Waals surface area contributed by atoms with Crippen LogP contribution in [0, 0.1) is 0 Å². The van der Waals surface area contributed by atoms with E-state index in [1.165, 1.54) is 24.3 Å². The number of aromatic hydroxyl groups is 3. The molecule has 4 rings (SSSR count). The molecule has 0 saturated heterocycles. The van der Waals surface area contributed by atoms with Crippen LogP contribution in [0.15, 0.2) is 123 Å². The molecule has 3 N–H and O–H groups in total. The van der Waals surface area contributed by atoms with E-state index in [1.807, 2.05) is 36.4 Å². The maximum atomic E-state index is 10.3. The quantitative estimate of drug-likeness (QED) is 0.300. The lowest BCUT2D eigenvalue weighted by Crippen LogP contribution is -2.04. The van der Waals surface area contributed by atoms with Crippen LogP contribution < -0.4 is 0 Å². The third-order valence-electron chi connectivity index (χ3n) is 4.25. The second kappa shape index (κ2) is 10.2. The summed E-state index contributed by atoms with van der Waals surface area (Å²) in [4.78, 5) is 2.97. The third-order valence-corrected chi connectivity index (χ3v) is 7.33. The topological polar surface area (TPSA) is 118 Å². The summed E-state index contributed by atoms with van der Waals surface area (Å²) >= 11 is 0. The first kappa shape index (κ1) is 23.2. The lowest BCUT2D eigenvalue weighted by Gasteiger charge is -2.08. The first-order valence-electron chi connectivity index (χ1n) is 9.36. The van der Waals surface area contributed by atoms with E-state index in [0.717, 1.165) is 14.7 Å². The largest absolute Gasteiger partial charge is 0.744 e. The van der Waals surface area contributed by atoms with E-state index in [0.29, 0.717) is 0 Å². The van der Waals surface area contributed by atoms with Crippen LogP contribution in [0.5, 0.6) is 17.2 Å². The molecule has 6 nitrogen and oxygen atoms in total. The van der Waals surface area contributed by atoms with Gasteiger partial charge in [-0.15, -0.1) is 0 Å². The maximum absolute atomic E-state index is 10.3. The first-order valence-corrected chi connectivity index (χ1v) is 12.0. The van der Waals surface area contributed by atoms with Crippen LogP contribution in [0.3, 0.4) is 0 Å². The molecule has 0 aliphatic carbocycles. The Morgan fingerprint density at radius 1 is 0.531 bits per heavy atom. The van der Waals surface area contributed by atoms with Gasteiger partial charge in [0.15, 0.2) is 14.7 Å². The lowest BCUT2D eigenvalue weighted by atomic mass is 10.3. The van der Waals surface area contributed by atoms with Gasteiger partial charge in [-0.25, -0.2) is 8.42 Å². The van der Waals surface area contributed by atoms with Crippen molar-refractivity contribution in [3.05, 3.63) is 103 Å². The van der Waals surface area contributed by atoms with Gasteiger partial charge in [0.1, 0.15) is 27.4 Å². The van der Waals surface area contributed by atoms with E-state index < -0.39 is 10.1 Å². The molecule has 0 aliphatic rings. The van der Waals surface area contributed by atoms with Gasteiger partial charge >= 0.3 is 0 Å². The lowest BCUT2D eigenvalue weighted by molar-refractivity contribution is 0.463. The minimum Gasteiger partial charge on any atom is -0.744 e. The van der Waals surface area contributed by atoms with Crippen molar-refractivity contribution in [2.45, 2.75) is 19.6 Å². The molecule has 164 valence electrons. The summed E-state index contributed by atoms with van der Waals surface area (Å²) in [7, 11) is -4.63. The van der Waals surface area contributed by atoms with Gasteiger partial charge in [0.05, 0.1) is 15.8 Å². The number of hydrogen-bond donors (Lipinski definition) is 3. The number of benzene rings is 4. The van der Waals surface area contributed by atoms with E-state index in [-0.39, 0.29) is 33.0 Å². The molecular weight excluding hydrogens is 448 g/mol. The summed E-state index contributed by atoms with van der Waals surface area (Å²) in [6.07, 6.45) is 0. The summed E-state index contributed by atoms with van der Waals surface area (Å²) in [6, 6.07) is 28.5. The van der Waals surface area contributed by atoms with Gasteiger partial charge in [0, 0.05) is 0 Å². The second-order valence-electron chi connectivity index (χ2n) is 6.56. The molecule has 0 heterocycles. The highest BCUT2D eigenvalue weighted by molar-refractivity contribution is 7.97. The number of rotatable bonds is 4. The Bertz CT molecular complexity index is 1130. The molecule has 0 unspecified atom stereocenters. The Balaban J connectivity index is 0.000000243. The Morgan fingerprint density at radius 2 is 0.844 bits per heavy atom. The molecule has 32 heavy (non-hydrogen) atoms. The highest BCUT2D eigenvalue weighted by Crippen LogP contribution is 2.33. The van der Waals surface area contributed by atoms with E-state index in [9.17, 15) is 28.3 Å². The molecule has 0 amide bonds. The van der Waals surface area contributed by atoms with Crippen LogP contribution in [0.1, 0.15) is 0 Å². The average Bonchev–Trinajstić information content (AvgIpc) is 2.78. The zero-order valence-corrected chi connectivity index (χ0v) is 18.3. The zero-order valence-electron chi connectivity index (χ0n) is 16.7. The van der Waals surface area contributed by atoms with Gasteiger partial charge in [-0.2, -0.15) is 0 Å². The van der Waals surface area contributed by atoms with Gasteiger partial charge in [-0.05, 0) is 84.9 Å². The van der Waals surface area contributed by atoms with Gasteiger partial charge in [-0.1, -0.05) is 18.2 Å². The predicted octanol–water partition coefficient (Wildman–Crippen LogP) is 4.49. The Morgan fingerprint density at radius 3 is 1.09 bits per heavy atom. The van der Waals surface area contributed by atoms with Crippen molar-refractivity contribution in [2.75, 3.05) is 0 Å². The first-order chi connectivity index (χ1) is 15.2. The molecule has 0 aliphatic heterocycles. The fourth-order valence-electron chi connectivity index (χ4n) is 2.74. The van der Waals surface area contributed by atoms with E-state index in [1.54, 1.807) is 42.5 Å². The normalized spacial score (nSPS) is 10.9. The smallest absolute Gasteiger partial charge is 0.166 e. The van der Waals surface area contributed by atoms with Crippen molar-refractivity contribution in [3.8, 4) is 17.2 Å². The van der Waals surface area contributed by atoms with Crippen molar-refractivity contribution in [3.63, 3.8) is 0 Å². The van der Waals surface area contributed by atoms with Crippen molar-refractivity contribution >= 4 is 21.0 Å². The molecule has 0 saturated carbocycles. The standard InChI is InChI=1S/C18H14O3S.C6H6O3S/c19-13-1-7-16(8-2-13)22(17-9-3-14(20)4-10-17)18-11-5-15(21)6-12-18;7-10(8,9)6-4-2-1-3-5-6/h1-12H,(H2-,19,20,21);1-5H,(H,7,8,9). The average molecular weight is 469 g/mol. The maximum Gasteiger partial charge on any atom is 0.166 e. The zero-order chi connectivity index (χ0) is 23.1. The summed E-state index contributed by atoms with van der Waals surface area (Å²) in [6.45, 7) is 0. The molecule has 0 fully saturated rings. The van der Waals surface area contributed by atoms with E-state index >= 15 is 0 Å². The highest BCUT2D eigenvalue weighted by atomic mass is 32.2. The van der Waals surface area contributed by atoms with E-state index in [2.05, 4.69) is 0 Å². The summed E-state index contributed by atoms with van der Waals surface area (Å²) in [5.41, 5.74) is 0. The van der Waals surface area contributed by atoms with Crippen LogP contribution in [-0.4, -0.2) is 28.3 Å². The van der Waals surface area contributed by atoms with Crippen molar-refractivity contribution in [2.24, 2.45) is 0 Å². The summed E-state index contributed by atoms with van der Waals surface area (Å²) in [5, 5.41) is 28.5. The second-order valence-corrected chi connectivity index (χ2v) is 9.96. The molecule has 4 aromatic rings. The monoisotopic (exact) mass is 468 g/mol. The molecule has 0 bridgehead atoms. The third kappa shape index (κ3) is 6.27. The summed E-state index contributed by atoms with van der Waals surface area (Å²) < 4.78 is 30.8. The number of phenols is 3. The molecule has 0 radical (unpaired) electrons. The fourth-order valence-corrected chi connectivity index (χ4v) is 5.27. The number of hydrogen-bond acceptors (Lipinski definition) is 6. The van der Waals surface area contributed by atoms with Crippen molar-refractivity contribution < 1.29 is 28.3 Å². The van der Waals surface area contributed by atoms with Crippen LogP contribution in [0.25, 0.3) is 0 Å². The Labute approximate surface area is 189 Å². The molecule has 8 heteroatoms. The number of phenolic OH excluding ortho intramolecular Hbond substituents is 3. The Hall–Kier alpha value is -3.46. The summed E-state index contributed by atoms with van der Waals surface area (Å²) in [5.74, 6) is 0.677. The minimum absolute atomic E-state index is 0.185. The minimum atomic E-state index is -4.25. The van der Waals surface area contributed by atoms with Gasteiger partial charge < -0.3 is 19.9 Å². The van der Waals surface area contributed by atoms with Crippen molar-refractivity contribution in [1.82, 2.24) is 0 Å². The van der Waals surface area contributed by atoms with Gasteiger partial charge in [-0.3, -0.25) is 0 Å². The van der Waals surface area contributed by atoms with Crippen LogP contribution in [0.2, 0.25) is 0 Å². The van der Waals surface area contributed by atoms with Crippen LogP contribution >= 0.6 is 0 Å². The molecular formula is C24H20O6S2. The SMILES string of the molecule is O=S(=O)([O-])c1ccccc1.Oc1ccc([S+](c2ccc(O)cc2)c2ccc(O)cc2)cc1. The van der Waals surface area contributed by atoms with Crippen LogP contribution in [-0.2, 0) is 21.0 Å². The van der Waals surface area contributed by atoms with Crippen molar-refractivity contribution in [1.29, 1.82) is 0 Å². The predicted molar refractivity (Wildman–Crippen MR) is 121 cm³/mol. The van der Waals surface area contributed by atoms with Crippen LogP contribution in [0.4, 0.5) is 0 Å².